The SMILES string of the molecule is O=C(O)[C@@H]1CN(C(=O)c2ccccc2CCC(F)(F)F)C[C@@H]1c1ccccc1. The first-order valence-corrected chi connectivity index (χ1v) is 8.98. The summed E-state index contributed by atoms with van der Waals surface area (Å²) in [5.41, 5.74) is 1.35. The van der Waals surface area contributed by atoms with Crippen molar-refractivity contribution in [3.05, 3.63) is 71.3 Å². The van der Waals surface area contributed by atoms with Crippen LogP contribution < -0.4 is 0 Å². The molecule has 2 aromatic rings. The van der Waals surface area contributed by atoms with Gasteiger partial charge in [0, 0.05) is 31.0 Å². The van der Waals surface area contributed by atoms with E-state index in [9.17, 15) is 27.9 Å². The molecule has 2 atom stereocenters. The van der Waals surface area contributed by atoms with Crippen LogP contribution in [-0.4, -0.2) is 41.1 Å². The second-order valence-electron chi connectivity index (χ2n) is 6.94. The Bertz CT molecular complexity index is 851. The van der Waals surface area contributed by atoms with E-state index >= 15 is 0 Å². The van der Waals surface area contributed by atoms with Crippen molar-refractivity contribution in [2.75, 3.05) is 13.1 Å². The zero-order valence-corrected chi connectivity index (χ0v) is 15.0. The van der Waals surface area contributed by atoms with Crippen LogP contribution in [0.2, 0.25) is 0 Å². The van der Waals surface area contributed by atoms with Gasteiger partial charge in [-0.1, -0.05) is 48.5 Å². The predicted octanol–water partition coefficient (Wildman–Crippen LogP) is 4.12. The summed E-state index contributed by atoms with van der Waals surface area (Å²) in [6, 6.07) is 15.3. The number of hydrogen-bond acceptors (Lipinski definition) is 2. The molecule has 7 heteroatoms. The molecule has 3 rings (SSSR count). The molecule has 0 aliphatic carbocycles. The molecule has 1 N–H and O–H groups in total. The Kier molecular flexibility index (Phi) is 5.72. The molecule has 0 spiro atoms. The van der Waals surface area contributed by atoms with Gasteiger partial charge in [-0.05, 0) is 23.6 Å². The Balaban J connectivity index is 1.83. The molecule has 148 valence electrons. The summed E-state index contributed by atoms with van der Waals surface area (Å²) in [6.45, 7) is 0.245. The molecule has 4 nitrogen and oxygen atoms in total. The number of aliphatic carboxylic acids is 1. The highest BCUT2D eigenvalue weighted by molar-refractivity contribution is 5.96. The molecule has 1 fully saturated rings. The molecule has 1 aliphatic heterocycles. The maximum Gasteiger partial charge on any atom is 0.389 e. The lowest BCUT2D eigenvalue weighted by Crippen LogP contribution is -2.30. The Morgan fingerprint density at radius 2 is 1.64 bits per heavy atom. The lowest BCUT2D eigenvalue weighted by atomic mass is 9.89. The molecule has 0 bridgehead atoms. The van der Waals surface area contributed by atoms with E-state index in [1.807, 2.05) is 30.3 Å². The van der Waals surface area contributed by atoms with Gasteiger partial charge in [0.05, 0.1) is 5.92 Å². The molecular formula is C21H20F3NO3. The van der Waals surface area contributed by atoms with E-state index in [-0.39, 0.29) is 31.0 Å². The van der Waals surface area contributed by atoms with Gasteiger partial charge in [0.1, 0.15) is 0 Å². The number of carboxylic acids is 1. The molecule has 28 heavy (non-hydrogen) atoms. The van der Waals surface area contributed by atoms with Crippen LogP contribution in [0.3, 0.4) is 0 Å². The van der Waals surface area contributed by atoms with Gasteiger partial charge in [-0.3, -0.25) is 9.59 Å². The quantitative estimate of drug-likeness (QED) is 0.834. The average Bonchev–Trinajstić information content (AvgIpc) is 3.12. The number of carboxylic acid groups (broad SMARTS) is 1. The minimum Gasteiger partial charge on any atom is -0.481 e. The molecular weight excluding hydrogens is 371 g/mol. The minimum atomic E-state index is -4.31. The summed E-state index contributed by atoms with van der Waals surface area (Å²) in [5, 5.41) is 9.58. The number of likely N-dealkylation sites (tertiary alicyclic amines) is 1. The monoisotopic (exact) mass is 391 g/mol. The fourth-order valence-electron chi connectivity index (χ4n) is 3.65. The first kappa shape index (κ1) is 19.9. The van der Waals surface area contributed by atoms with Crippen molar-refractivity contribution >= 4 is 11.9 Å². The molecule has 0 unspecified atom stereocenters. The molecule has 1 heterocycles. The third kappa shape index (κ3) is 4.52. The van der Waals surface area contributed by atoms with Gasteiger partial charge in [0.25, 0.3) is 5.91 Å². The van der Waals surface area contributed by atoms with E-state index in [1.54, 1.807) is 12.1 Å². The molecule has 0 saturated carbocycles. The molecule has 0 radical (unpaired) electrons. The van der Waals surface area contributed by atoms with Crippen LogP contribution in [0, 0.1) is 5.92 Å². The van der Waals surface area contributed by atoms with E-state index in [1.165, 1.54) is 17.0 Å². The van der Waals surface area contributed by atoms with Crippen LogP contribution in [0.4, 0.5) is 13.2 Å². The van der Waals surface area contributed by atoms with E-state index in [0.717, 1.165) is 5.56 Å². The molecule has 0 aromatic heterocycles. The van der Waals surface area contributed by atoms with Gasteiger partial charge in [0.15, 0.2) is 0 Å². The number of amides is 1. The molecule has 1 saturated heterocycles. The van der Waals surface area contributed by atoms with Crippen molar-refractivity contribution in [1.29, 1.82) is 0 Å². The average molecular weight is 391 g/mol. The first-order valence-electron chi connectivity index (χ1n) is 8.98. The second-order valence-corrected chi connectivity index (χ2v) is 6.94. The largest absolute Gasteiger partial charge is 0.481 e. The Hall–Kier alpha value is -2.83. The van der Waals surface area contributed by atoms with Crippen molar-refractivity contribution in [3.63, 3.8) is 0 Å². The number of carbonyl (C=O) groups is 2. The minimum absolute atomic E-state index is 0.0291. The third-order valence-corrected chi connectivity index (χ3v) is 5.08. The van der Waals surface area contributed by atoms with E-state index in [4.69, 9.17) is 0 Å². The van der Waals surface area contributed by atoms with Gasteiger partial charge < -0.3 is 10.0 Å². The van der Waals surface area contributed by atoms with Gasteiger partial charge in [-0.25, -0.2) is 0 Å². The normalized spacial score (nSPS) is 19.6. The Morgan fingerprint density at radius 3 is 2.29 bits per heavy atom. The summed E-state index contributed by atoms with van der Waals surface area (Å²) >= 11 is 0. The van der Waals surface area contributed by atoms with Gasteiger partial charge in [0.2, 0.25) is 0 Å². The third-order valence-electron chi connectivity index (χ3n) is 5.08. The van der Waals surface area contributed by atoms with Gasteiger partial charge in [-0.15, -0.1) is 0 Å². The number of halogens is 3. The fraction of sp³-hybridized carbons (Fsp3) is 0.333. The zero-order valence-electron chi connectivity index (χ0n) is 15.0. The molecule has 1 aliphatic rings. The summed E-state index contributed by atoms with van der Waals surface area (Å²) in [4.78, 5) is 26.1. The van der Waals surface area contributed by atoms with Crippen LogP contribution in [0.25, 0.3) is 0 Å². The van der Waals surface area contributed by atoms with Crippen molar-refractivity contribution in [2.45, 2.75) is 24.9 Å². The topological polar surface area (TPSA) is 57.6 Å². The van der Waals surface area contributed by atoms with E-state index in [2.05, 4.69) is 0 Å². The van der Waals surface area contributed by atoms with Crippen LogP contribution in [0.5, 0.6) is 0 Å². The Labute approximate surface area is 160 Å². The lowest BCUT2D eigenvalue weighted by molar-refractivity contribution is -0.141. The van der Waals surface area contributed by atoms with Gasteiger partial charge in [-0.2, -0.15) is 13.2 Å². The van der Waals surface area contributed by atoms with Crippen LogP contribution in [0.15, 0.2) is 54.6 Å². The number of aryl methyl sites for hydroxylation is 1. The molecule has 1 amide bonds. The fourth-order valence-corrected chi connectivity index (χ4v) is 3.65. The van der Waals surface area contributed by atoms with Crippen LogP contribution in [-0.2, 0) is 11.2 Å². The van der Waals surface area contributed by atoms with Crippen molar-refractivity contribution in [2.24, 2.45) is 5.92 Å². The summed E-state index contributed by atoms with van der Waals surface area (Å²) in [7, 11) is 0. The smallest absolute Gasteiger partial charge is 0.389 e. The number of alkyl halides is 3. The van der Waals surface area contributed by atoms with Crippen LogP contribution >= 0.6 is 0 Å². The number of carbonyl (C=O) groups excluding carboxylic acids is 1. The Morgan fingerprint density at radius 1 is 1.00 bits per heavy atom. The number of benzene rings is 2. The van der Waals surface area contributed by atoms with Crippen molar-refractivity contribution < 1.29 is 27.9 Å². The van der Waals surface area contributed by atoms with Crippen LogP contribution in [0.1, 0.15) is 33.8 Å². The maximum absolute atomic E-state index is 13.0. The highest BCUT2D eigenvalue weighted by Gasteiger charge is 2.41. The standard InChI is InChI=1S/C21H20F3NO3/c22-21(23,24)11-10-15-8-4-5-9-16(15)19(26)25-12-17(18(13-25)20(27)28)14-6-2-1-3-7-14/h1-9,17-18H,10-13H2,(H,27,28)/t17-,18-/m1/s1. The zero-order chi connectivity index (χ0) is 20.3. The number of nitrogens with zero attached hydrogens (tertiary/aromatic N) is 1. The first-order chi connectivity index (χ1) is 13.3. The van der Waals surface area contributed by atoms with Gasteiger partial charge >= 0.3 is 12.1 Å². The summed E-state index contributed by atoms with van der Waals surface area (Å²) in [5.74, 6) is -2.53. The second kappa shape index (κ2) is 8.04. The van der Waals surface area contributed by atoms with Crippen molar-refractivity contribution in [1.82, 2.24) is 4.90 Å². The number of rotatable bonds is 5. The summed E-state index contributed by atoms with van der Waals surface area (Å²) < 4.78 is 37.8. The highest BCUT2D eigenvalue weighted by Crippen LogP contribution is 2.34. The van der Waals surface area contributed by atoms with Crippen molar-refractivity contribution in [3.8, 4) is 0 Å². The maximum atomic E-state index is 13.0. The summed E-state index contributed by atoms with van der Waals surface area (Å²) in [6.07, 6.45) is -5.61. The molecule has 2 aromatic carbocycles. The van der Waals surface area contributed by atoms with E-state index in [0.29, 0.717) is 5.56 Å². The number of hydrogen-bond donors (Lipinski definition) is 1. The predicted molar refractivity (Wildman–Crippen MR) is 97.0 cm³/mol. The highest BCUT2D eigenvalue weighted by atomic mass is 19.4. The lowest BCUT2D eigenvalue weighted by Gasteiger charge is -2.19. The van der Waals surface area contributed by atoms with E-state index < -0.39 is 30.4 Å².